The van der Waals surface area contributed by atoms with Gasteiger partial charge in [-0.15, -0.1) is 0 Å². The lowest BCUT2D eigenvalue weighted by atomic mass is 10.1. The number of alkyl halides is 6. The van der Waals surface area contributed by atoms with Crippen LogP contribution in [0.5, 0.6) is 0 Å². The zero-order chi connectivity index (χ0) is 18.3. The molecule has 1 aromatic carbocycles. The van der Waals surface area contributed by atoms with Gasteiger partial charge < -0.3 is 14.7 Å². The molecule has 0 radical (unpaired) electrons. The highest BCUT2D eigenvalue weighted by Crippen LogP contribution is 2.39. The lowest BCUT2D eigenvalue weighted by molar-refractivity contribution is -0.215. The number of aliphatic carboxylic acids is 1. The summed E-state index contributed by atoms with van der Waals surface area (Å²) in [5.74, 6) is -1.67. The summed E-state index contributed by atoms with van der Waals surface area (Å²) in [5.41, 5.74) is -2.72. The third-order valence-corrected chi connectivity index (χ3v) is 3.25. The Morgan fingerprint density at radius 3 is 2.38 bits per heavy atom. The lowest BCUT2D eigenvalue weighted by Gasteiger charge is -2.27. The summed E-state index contributed by atoms with van der Waals surface area (Å²) in [6.07, 6.45) is -14.5. The average molecular weight is 354 g/mol. The van der Waals surface area contributed by atoms with Gasteiger partial charge in [-0.3, -0.25) is 0 Å². The van der Waals surface area contributed by atoms with E-state index in [2.05, 4.69) is 4.74 Å². The van der Waals surface area contributed by atoms with E-state index in [1.165, 1.54) is 6.07 Å². The largest absolute Gasteiger partial charge is 0.479 e. The third kappa shape index (κ3) is 3.38. The van der Waals surface area contributed by atoms with Gasteiger partial charge >= 0.3 is 18.3 Å². The van der Waals surface area contributed by atoms with Crippen LogP contribution in [0, 0.1) is 11.3 Å². The van der Waals surface area contributed by atoms with Crippen molar-refractivity contribution < 1.29 is 41.0 Å². The number of nitriles is 1. The predicted molar refractivity (Wildman–Crippen MR) is 65.9 cm³/mol. The maximum Gasteiger partial charge on any atom is 0.433 e. The fourth-order valence-corrected chi connectivity index (χ4v) is 2.22. The minimum absolute atomic E-state index is 0.366. The van der Waals surface area contributed by atoms with Gasteiger partial charge in [0.2, 0.25) is 6.23 Å². The second-order valence-electron chi connectivity index (χ2n) is 4.85. The zero-order valence-electron chi connectivity index (χ0n) is 11.5. The van der Waals surface area contributed by atoms with Crippen LogP contribution in [0.25, 0.3) is 0 Å². The minimum Gasteiger partial charge on any atom is -0.479 e. The number of hydrogen-bond donors (Lipinski definition) is 1. The molecule has 130 valence electrons. The summed E-state index contributed by atoms with van der Waals surface area (Å²) >= 11 is 0. The Bertz CT molecular complexity index is 694. The van der Waals surface area contributed by atoms with E-state index in [4.69, 9.17) is 10.4 Å². The van der Waals surface area contributed by atoms with Crippen molar-refractivity contribution in [2.45, 2.75) is 24.7 Å². The highest BCUT2D eigenvalue weighted by molar-refractivity contribution is 5.74. The van der Waals surface area contributed by atoms with Gasteiger partial charge in [0.1, 0.15) is 0 Å². The summed E-state index contributed by atoms with van der Waals surface area (Å²) in [6.45, 7) is -0.789. The number of halogens is 6. The molecule has 2 atom stereocenters. The number of carboxylic acids is 1. The first kappa shape index (κ1) is 17.9. The summed E-state index contributed by atoms with van der Waals surface area (Å²) in [5, 5.41) is 17.5. The monoisotopic (exact) mass is 354 g/mol. The molecule has 24 heavy (non-hydrogen) atoms. The van der Waals surface area contributed by atoms with Gasteiger partial charge in [0.15, 0.2) is 6.10 Å². The summed E-state index contributed by atoms with van der Waals surface area (Å²) in [7, 11) is 0. The van der Waals surface area contributed by atoms with E-state index in [1.807, 2.05) is 0 Å². The molecule has 1 N–H and O–H groups in total. The summed E-state index contributed by atoms with van der Waals surface area (Å²) < 4.78 is 82.1. The molecule has 0 saturated carbocycles. The molecule has 1 aliphatic rings. The molecule has 0 aliphatic carbocycles. The lowest BCUT2D eigenvalue weighted by Crippen LogP contribution is -2.42. The smallest absolute Gasteiger partial charge is 0.433 e. The van der Waals surface area contributed by atoms with Gasteiger partial charge in [-0.25, -0.2) is 4.79 Å². The average Bonchev–Trinajstić information content (AvgIpc) is 2.91. The second-order valence-corrected chi connectivity index (χ2v) is 4.85. The van der Waals surface area contributed by atoms with Crippen molar-refractivity contribution in [2.24, 2.45) is 0 Å². The number of benzene rings is 1. The van der Waals surface area contributed by atoms with Gasteiger partial charge in [-0.05, 0) is 18.2 Å². The molecule has 1 heterocycles. The van der Waals surface area contributed by atoms with Crippen LogP contribution in [0.15, 0.2) is 18.2 Å². The van der Waals surface area contributed by atoms with E-state index in [9.17, 15) is 31.1 Å². The fraction of sp³-hybridized carbons (Fsp3) is 0.385. The highest BCUT2D eigenvalue weighted by atomic mass is 19.4. The first-order valence-corrected chi connectivity index (χ1v) is 6.28. The van der Waals surface area contributed by atoms with E-state index in [-0.39, 0.29) is 0 Å². The molecule has 1 fully saturated rings. The molecule has 0 unspecified atom stereocenters. The molecule has 0 spiro atoms. The van der Waals surface area contributed by atoms with Crippen LogP contribution < -0.4 is 4.90 Å². The summed E-state index contributed by atoms with van der Waals surface area (Å²) in [6, 6.07) is 3.27. The van der Waals surface area contributed by atoms with E-state index < -0.39 is 54.0 Å². The number of carbonyl (C=O) groups is 1. The molecule has 1 aromatic rings. The van der Waals surface area contributed by atoms with Crippen molar-refractivity contribution in [3.05, 3.63) is 29.3 Å². The maximum absolute atomic E-state index is 13.0. The number of anilines is 1. The van der Waals surface area contributed by atoms with E-state index in [0.29, 0.717) is 11.0 Å². The Hall–Kier alpha value is -2.48. The van der Waals surface area contributed by atoms with Gasteiger partial charge in [0, 0.05) is 5.69 Å². The third-order valence-electron chi connectivity index (χ3n) is 3.25. The normalized spacial score (nSPS) is 21.6. The quantitative estimate of drug-likeness (QED) is 0.827. The molecule has 0 amide bonds. The first-order valence-electron chi connectivity index (χ1n) is 6.28. The molecule has 0 aromatic heterocycles. The molecule has 5 nitrogen and oxygen atoms in total. The standard InChI is InChI=1S/C13H8F6N2O3/c14-12(15,16)8-3-7(2-1-6(8)4-20)21-5-9(10(22)23)24-11(21)13(17,18)19/h1-3,9,11H,5H2,(H,22,23)/t9-,11-/m0/s1. The number of carboxylic acid groups (broad SMARTS) is 1. The van der Waals surface area contributed by atoms with Crippen molar-refractivity contribution in [1.29, 1.82) is 5.26 Å². The van der Waals surface area contributed by atoms with Gasteiger partial charge in [-0.2, -0.15) is 31.6 Å². The Morgan fingerprint density at radius 2 is 1.92 bits per heavy atom. The minimum atomic E-state index is -5.02. The first-order chi connectivity index (χ1) is 10.9. The Kier molecular flexibility index (Phi) is 4.36. The zero-order valence-corrected chi connectivity index (χ0v) is 11.5. The number of rotatable bonds is 2. The van der Waals surface area contributed by atoms with Crippen LogP contribution in [0.1, 0.15) is 11.1 Å². The highest BCUT2D eigenvalue weighted by Gasteiger charge is 2.52. The predicted octanol–water partition coefficient (Wildman–Crippen LogP) is 2.76. The van der Waals surface area contributed by atoms with Crippen molar-refractivity contribution in [3.63, 3.8) is 0 Å². The number of hydrogen-bond acceptors (Lipinski definition) is 4. The Morgan fingerprint density at radius 1 is 1.29 bits per heavy atom. The van der Waals surface area contributed by atoms with Crippen LogP contribution in [0.4, 0.5) is 32.0 Å². The molecule has 0 bridgehead atoms. The fourth-order valence-electron chi connectivity index (χ4n) is 2.22. The Labute approximate surface area is 130 Å². The SMILES string of the molecule is N#Cc1ccc(N2C[C@@H](C(=O)O)O[C@H]2C(F)(F)F)cc1C(F)(F)F. The van der Waals surface area contributed by atoms with Crippen molar-refractivity contribution in [2.75, 3.05) is 11.4 Å². The topological polar surface area (TPSA) is 73.6 Å². The molecule has 11 heteroatoms. The molecule has 1 aliphatic heterocycles. The van der Waals surface area contributed by atoms with Crippen molar-refractivity contribution >= 4 is 11.7 Å². The van der Waals surface area contributed by atoms with Gasteiger partial charge in [0.05, 0.1) is 23.7 Å². The van der Waals surface area contributed by atoms with Crippen LogP contribution >= 0.6 is 0 Å². The van der Waals surface area contributed by atoms with Crippen LogP contribution in [0.2, 0.25) is 0 Å². The van der Waals surface area contributed by atoms with Gasteiger partial charge in [0.25, 0.3) is 0 Å². The van der Waals surface area contributed by atoms with E-state index >= 15 is 0 Å². The van der Waals surface area contributed by atoms with Crippen LogP contribution in [-0.4, -0.2) is 36.1 Å². The second kappa shape index (κ2) is 5.86. The van der Waals surface area contributed by atoms with Crippen molar-refractivity contribution in [3.8, 4) is 6.07 Å². The molecular formula is C13H8F6N2O3. The van der Waals surface area contributed by atoms with Crippen LogP contribution in [-0.2, 0) is 15.7 Å². The molecular weight excluding hydrogens is 346 g/mol. The van der Waals surface area contributed by atoms with Gasteiger partial charge in [-0.1, -0.05) is 0 Å². The summed E-state index contributed by atoms with van der Waals surface area (Å²) in [4.78, 5) is 11.2. The Balaban J connectivity index is 2.49. The number of nitrogens with zero attached hydrogens (tertiary/aromatic N) is 2. The maximum atomic E-state index is 13.0. The van der Waals surface area contributed by atoms with E-state index in [1.54, 1.807) is 0 Å². The van der Waals surface area contributed by atoms with Crippen LogP contribution in [0.3, 0.4) is 0 Å². The molecule has 2 rings (SSSR count). The van der Waals surface area contributed by atoms with E-state index in [0.717, 1.165) is 12.1 Å². The van der Waals surface area contributed by atoms with Crippen molar-refractivity contribution in [1.82, 2.24) is 0 Å². The number of ether oxygens (including phenoxy) is 1. The molecule has 1 saturated heterocycles.